The van der Waals surface area contributed by atoms with Crippen molar-refractivity contribution in [2.24, 2.45) is 5.73 Å². The lowest BCUT2D eigenvalue weighted by atomic mass is 10.2. The predicted molar refractivity (Wildman–Crippen MR) is 54.7 cm³/mol. The molecule has 2 aromatic rings. The van der Waals surface area contributed by atoms with Gasteiger partial charge in [-0.25, -0.2) is 0 Å². The van der Waals surface area contributed by atoms with Gasteiger partial charge in [-0.15, -0.1) is 11.3 Å². The molecule has 1 aromatic heterocycles. The summed E-state index contributed by atoms with van der Waals surface area (Å²) in [7, 11) is 0. The number of benzene rings is 1. The molecule has 0 amide bonds. The average molecular weight is 198 g/mol. The van der Waals surface area contributed by atoms with E-state index in [-0.39, 0.29) is 0 Å². The first-order valence-electron chi connectivity index (χ1n) is 3.68. The number of nitrogens with two attached hydrogens (primary N) is 1. The fourth-order valence-corrected chi connectivity index (χ4v) is 2.51. The van der Waals surface area contributed by atoms with Crippen LogP contribution < -0.4 is 5.73 Å². The van der Waals surface area contributed by atoms with Crippen LogP contribution >= 0.6 is 22.9 Å². The Labute approximate surface area is 79.8 Å². The smallest absolute Gasteiger partial charge is 0.0940 e. The molecule has 62 valence electrons. The van der Waals surface area contributed by atoms with Gasteiger partial charge in [0.2, 0.25) is 0 Å². The van der Waals surface area contributed by atoms with Gasteiger partial charge < -0.3 is 5.73 Å². The van der Waals surface area contributed by atoms with E-state index in [0.29, 0.717) is 6.54 Å². The number of fused-ring (bicyclic) bond motifs is 1. The summed E-state index contributed by atoms with van der Waals surface area (Å²) >= 11 is 7.48. The van der Waals surface area contributed by atoms with Crippen LogP contribution in [0.25, 0.3) is 10.1 Å². The summed E-state index contributed by atoms with van der Waals surface area (Å²) in [6.07, 6.45) is 0. The van der Waals surface area contributed by atoms with E-state index in [1.165, 1.54) is 15.6 Å². The fourth-order valence-electron chi connectivity index (χ4n) is 1.25. The van der Waals surface area contributed by atoms with Gasteiger partial charge in [-0.3, -0.25) is 0 Å². The second-order valence-electron chi connectivity index (χ2n) is 2.59. The highest BCUT2D eigenvalue weighted by Gasteiger charge is 2.02. The maximum absolute atomic E-state index is 5.89. The lowest BCUT2D eigenvalue weighted by molar-refractivity contribution is 1.09. The summed E-state index contributed by atoms with van der Waals surface area (Å²) in [5, 5.41) is 1.19. The molecule has 0 saturated carbocycles. The zero-order chi connectivity index (χ0) is 8.55. The Hall–Kier alpha value is -0.570. The minimum Gasteiger partial charge on any atom is -0.326 e. The van der Waals surface area contributed by atoms with Gasteiger partial charge in [0.25, 0.3) is 0 Å². The second kappa shape index (κ2) is 3.05. The zero-order valence-electron chi connectivity index (χ0n) is 6.38. The maximum Gasteiger partial charge on any atom is 0.0940 e. The second-order valence-corrected chi connectivity index (χ2v) is 4.27. The average Bonchev–Trinajstić information content (AvgIpc) is 2.44. The number of thiophene rings is 1. The highest BCUT2D eigenvalue weighted by Crippen LogP contribution is 2.31. The molecule has 1 nitrogen and oxygen atoms in total. The molecular weight excluding hydrogens is 190 g/mol. The van der Waals surface area contributed by atoms with E-state index in [2.05, 4.69) is 6.07 Å². The van der Waals surface area contributed by atoms with Gasteiger partial charge in [0, 0.05) is 11.2 Å². The number of halogens is 1. The normalized spacial score (nSPS) is 10.8. The monoisotopic (exact) mass is 197 g/mol. The van der Waals surface area contributed by atoms with Crippen molar-refractivity contribution in [3.8, 4) is 0 Å². The molecule has 1 aromatic carbocycles. The third-order valence-electron chi connectivity index (χ3n) is 1.82. The maximum atomic E-state index is 5.89. The molecule has 0 aliphatic rings. The molecule has 0 unspecified atom stereocenters. The van der Waals surface area contributed by atoms with Crippen LogP contribution in [0.4, 0.5) is 0 Å². The molecule has 2 N–H and O–H groups in total. The van der Waals surface area contributed by atoms with Crippen molar-refractivity contribution in [3.05, 3.63) is 34.2 Å². The van der Waals surface area contributed by atoms with Gasteiger partial charge in [-0.2, -0.15) is 0 Å². The summed E-state index contributed by atoms with van der Waals surface area (Å²) in [6, 6.07) is 8.07. The van der Waals surface area contributed by atoms with Gasteiger partial charge in [0.15, 0.2) is 0 Å². The van der Waals surface area contributed by atoms with E-state index < -0.39 is 0 Å². The van der Waals surface area contributed by atoms with Crippen molar-refractivity contribution in [3.63, 3.8) is 0 Å². The number of rotatable bonds is 1. The van der Waals surface area contributed by atoms with Gasteiger partial charge in [0.1, 0.15) is 0 Å². The summed E-state index contributed by atoms with van der Waals surface area (Å²) in [5.41, 5.74) is 6.76. The van der Waals surface area contributed by atoms with Crippen LogP contribution in [0, 0.1) is 0 Å². The van der Waals surface area contributed by atoms with Gasteiger partial charge in [-0.1, -0.05) is 29.8 Å². The molecule has 3 heteroatoms. The molecule has 0 atom stereocenters. The highest BCUT2D eigenvalue weighted by molar-refractivity contribution is 7.22. The topological polar surface area (TPSA) is 26.0 Å². The molecule has 2 rings (SSSR count). The largest absolute Gasteiger partial charge is 0.326 e. The van der Waals surface area contributed by atoms with Crippen LogP contribution in [0.15, 0.2) is 24.3 Å². The molecule has 0 spiro atoms. The van der Waals surface area contributed by atoms with Crippen LogP contribution in [0.3, 0.4) is 0 Å². The minimum atomic E-state index is 0.578. The minimum absolute atomic E-state index is 0.578. The van der Waals surface area contributed by atoms with Gasteiger partial charge >= 0.3 is 0 Å². The van der Waals surface area contributed by atoms with E-state index in [1.54, 1.807) is 11.3 Å². The Morgan fingerprint density at radius 1 is 1.42 bits per heavy atom. The fraction of sp³-hybridized carbons (Fsp3) is 0.111. The van der Waals surface area contributed by atoms with Crippen molar-refractivity contribution in [1.29, 1.82) is 0 Å². The van der Waals surface area contributed by atoms with Crippen molar-refractivity contribution < 1.29 is 0 Å². The van der Waals surface area contributed by atoms with Crippen LogP contribution in [-0.2, 0) is 6.54 Å². The first-order chi connectivity index (χ1) is 5.81. The number of hydrogen-bond donors (Lipinski definition) is 1. The summed E-state index contributed by atoms with van der Waals surface area (Å²) in [5.74, 6) is 0. The molecular formula is C9H8ClNS. The quantitative estimate of drug-likeness (QED) is 0.748. The summed E-state index contributed by atoms with van der Waals surface area (Å²) in [6.45, 7) is 0.578. The van der Waals surface area contributed by atoms with Crippen molar-refractivity contribution in [2.75, 3.05) is 0 Å². The first kappa shape index (κ1) is 8.05. The summed E-state index contributed by atoms with van der Waals surface area (Å²) in [4.78, 5) is 0. The zero-order valence-corrected chi connectivity index (χ0v) is 7.95. The molecule has 0 aliphatic heterocycles. The Morgan fingerprint density at radius 3 is 3.00 bits per heavy atom. The van der Waals surface area contributed by atoms with E-state index in [1.807, 2.05) is 18.2 Å². The molecule has 1 heterocycles. The van der Waals surface area contributed by atoms with E-state index in [9.17, 15) is 0 Å². The van der Waals surface area contributed by atoms with E-state index in [0.717, 1.165) is 4.34 Å². The standard InChI is InChI=1S/C9H8ClNS/c10-8-4-6-2-1-3-7(5-11)9(6)12-8/h1-4H,5,11H2. The lowest BCUT2D eigenvalue weighted by Crippen LogP contribution is -1.95. The predicted octanol–water partition coefficient (Wildman–Crippen LogP) is 3.01. The Bertz CT molecular complexity index is 408. The molecule has 0 aliphatic carbocycles. The molecule has 0 bridgehead atoms. The SMILES string of the molecule is NCc1cccc2cc(Cl)sc12. The van der Waals surface area contributed by atoms with Crippen molar-refractivity contribution in [1.82, 2.24) is 0 Å². The van der Waals surface area contributed by atoms with Crippen molar-refractivity contribution in [2.45, 2.75) is 6.54 Å². The van der Waals surface area contributed by atoms with E-state index >= 15 is 0 Å². The Balaban J connectivity index is 2.78. The molecule has 0 saturated heterocycles. The first-order valence-corrected chi connectivity index (χ1v) is 4.87. The lowest BCUT2D eigenvalue weighted by Gasteiger charge is -1.96. The Morgan fingerprint density at radius 2 is 2.25 bits per heavy atom. The summed E-state index contributed by atoms with van der Waals surface area (Å²) < 4.78 is 2.04. The van der Waals surface area contributed by atoms with Gasteiger partial charge in [-0.05, 0) is 17.0 Å². The molecule has 0 fully saturated rings. The molecule has 12 heavy (non-hydrogen) atoms. The Kier molecular flexibility index (Phi) is 2.05. The van der Waals surface area contributed by atoms with Crippen molar-refractivity contribution >= 4 is 33.0 Å². The molecule has 0 radical (unpaired) electrons. The number of hydrogen-bond acceptors (Lipinski definition) is 2. The third kappa shape index (κ3) is 1.22. The third-order valence-corrected chi connectivity index (χ3v) is 3.17. The van der Waals surface area contributed by atoms with Gasteiger partial charge in [0.05, 0.1) is 4.34 Å². The highest BCUT2D eigenvalue weighted by atomic mass is 35.5. The van der Waals surface area contributed by atoms with Crippen LogP contribution in [0.1, 0.15) is 5.56 Å². The van der Waals surface area contributed by atoms with Crippen LogP contribution in [0.5, 0.6) is 0 Å². The van der Waals surface area contributed by atoms with Crippen LogP contribution in [-0.4, -0.2) is 0 Å². The van der Waals surface area contributed by atoms with Crippen LogP contribution in [0.2, 0.25) is 4.34 Å². The van der Waals surface area contributed by atoms with E-state index in [4.69, 9.17) is 17.3 Å².